The number of rotatable bonds is 5. The van der Waals surface area contributed by atoms with Crippen LogP contribution < -0.4 is 5.32 Å². The van der Waals surface area contributed by atoms with Crippen LogP contribution in [0.5, 0.6) is 0 Å². The Bertz CT molecular complexity index is 332. The quantitative estimate of drug-likeness (QED) is 0.776. The molecule has 1 aromatic carbocycles. The largest absolute Gasteiger partial charge is 0.462 e. The molecule has 88 valence electrons. The Labute approximate surface area is 96.8 Å². The first-order chi connectivity index (χ1) is 7.69. The maximum atomic E-state index is 11.4. The zero-order valence-corrected chi connectivity index (χ0v) is 10.1. The van der Waals surface area contributed by atoms with Crippen molar-refractivity contribution in [1.82, 2.24) is 5.32 Å². The van der Waals surface area contributed by atoms with Gasteiger partial charge in [0.05, 0.1) is 12.2 Å². The third kappa shape index (κ3) is 3.35. The van der Waals surface area contributed by atoms with E-state index in [1.54, 1.807) is 19.1 Å². The second-order valence-electron chi connectivity index (χ2n) is 3.62. The van der Waals surface area contributed by atoms with Crippen LogP contribution >= 0.6 is 0 Å². The molecule has 0 aliphatic rings. The predicted octanol–water partition coefficient (Wildman–Crippen LogP) is 2.53. The summed E-state index contributed by atoms with van der Waals surface area (Å²) in [7, 11) is 0. The van der Waals surface area contributed by atoms with Crippen molar-refractivity contribution in [3.63, 3.8) is 0 Å². The zero-order chi connectivity index (χ0) is 12.0. The highest BCUT2D eigenvalue weighted by atomic mass is 16.5. The molecule has 1 rings (SSSR count). The molecule has 0 aliphatic heterocycles. The third-order valence-corrected chi connectivity index (χ3v) is 2.43. The van der Waals surface area contributed by atoms with Crippen molar-refractivity contribution in [3.8, 4) is 0 Å². The molecular formula is C13H19NO2. The van der Waals surface area contributed by atoms with Crippen molar-refractivity contribution in [1.29, 1.82) is 0 Å². The van der Waals surface area contributed by atoms with Crippen LogP contribution in [-0.2, 0) is 4.74 Å². The Balaban J connectivity index is 2.71. The number of hydrogen-bond acceptors (Lipinski definition) is 3. The lowest BCUT2D eigenvalue weighted by atomic mass is 10.1. The fourth-order valence-electron chi connectivity index (χ4n) is 1.55. The third-order valence-electron chi connectivity index (χ3n) is 2.43. The first-order valence-electron chi connectivity index (χ1n) is 5.69. The second-order valence-corrected chi connectivity index (χ2v) is 3.62. The lowest BCUT2D eigenvalue weighted by Gasteiger charge is -2.12. The Hall–Kier alpha value is -1.35. The molecule has 3 heteroatoms. The molecule has 0 fully saturated rings. The van der Waals surface area contributed by atoms with Gasteiger partial charge < -0.3 is 10.1 Å². The van der Waals surface area contributed by atoms with Crippen LogP contribution in [0, 0.1) is 0 Å². The van der Waals surface area contributed by atoms with Gasteiger partial charge in [0.15, 0.2) is 0 Å². The van der Waals surface area contributed by atoms with Gasteiger partial charge in [-0.3, -0.25) is 0 Å². The Kier molecular flexibility index (Phi) is 4.99. The van der Waals surface area contributed by atoms with E-state index in [9.17, 15) is 4.79 Å². The monoisotopic (exact) mass is 221 g/mol. The molecule has 0 radical (unpaired) electrons. The standard InChI is InChI=1S/C13H19NO2/c1-4-14-10(3)11-6-8-12(9-7-11)13(15)16-5-2/h6-10,14H,4-5H2,1-3H3. The lowest BCUT2D eigenvalue weighted by Crippen LogP contribution is -2.17. The molecular weight excluding hydrogens is 202 g/mol. The van der Waals surface area contributed by atoms with E-state index in [-0.39, 0.29) is 5.97 Å². The van der Waals surface area contributed by atoms with Crippen LogP contribution in [0.4, 0.5) is 0 Å². The van der Waals surface area contributed by atoms with Crippen LogP contribution in [0.2, 0.25) is 0 Å². The minimum atomic E-state index is -0.259. The maximum absolute atomic E-state index is 11.4. The Morgan fingerprint density at radius 3 is 2.44 bits per heavy atom. The van der Waals surface area contributed by atoms with Gasteiger partial charge in [0, 0.05) is 6.04 Å². The molecule has 16 heavy (non-hydrogen) atoms. The molecule has 0 saturated carbocycles. The first-order valence-corrected chi connectivity index (χ1v) is 5.69. The highest BCUT2D eigenvalue weighted by Crippen LogP contribution is 2.13. The van der Waals surface area contributed by atoms with Crippen LogP contribution in [0.15, 0.2) is 24.3 Å². The number of hydrogen-bond donors (Lipinski definition) is 1. The van der Waals surface area contributed by atoms with Gasteiger partial charge in [0.25, 0.3) is 0 Å². The number of nitrogens with one attached hydrogen (secondary N) is 1. The van der Waals surface area contributed by atoms with Crippen molar-refractivity contribution >= 4 is 5.97 Å². The summed E-state index contributed by atoms with van der Waals surface area (Å²) >= 11 is 0. The smallest absolute Gasteiger partial charge is 0.338 e. The number of esters is 1. The van der Waals surface area contributed by atoms with E-state index >= 15 is 0 Å². The van der Waals surface area contributed by atoms with Gasteiger partial charge in [-0.2, -0.15) is 0 Å². The van der Waals surface area contributed by atoms with Crippen molar-refractivity contribution in [2.24, 2.45) is 0 Å². The molecule has 1 N–H and O–H groups in total. The highest BCUT2D eigenvalue weighted by Gasteiger charge is 2.07. The minimum absolute atomic E-state index is 0.259. The number of carbonyl (C=O) groups is 1. The van der Waals surface area contributed by atoms with Crippen molar-refractivity contribution in [2.75, 3.05) is 13.2 Å². The summed E-state index contributed by atoms with van der Waals surface area (Å²) in [6.07, 6.45) is 0. The van der Waals surface area contributed by atoms with Crippen molar-refractivity contribution in [2.45, 2.75) is 26.8 Å². The number of ether oxygens (including phenoxy) is 1. The van der Waals surface area contributed by atoms with Crippen molar-refractivity contribution in [3.05, 3.63) is 35.4 Å². The molecule has 0 amide bonds. The summed E-state index contributed by atoms with van der Waals surface area (Å²) in [6, 6.07) is 7.84. The lowest BCUT2D eigenvalue weighted by molar-refractivity contribution is 0.0526. The van der Waals surface area contributed by atoms with Crippen molar-refractivity contribution < 1.29 is 9.53 Å². The Morgan fingerprint density at radius 1 is 1.31 bits per heavy atom. The van der Waals surface area contributed by atoms with Gasteiger partial charge in [-0.1, -0.05) is 19.1 Å². The van der Waals surface area contributed by atoms with E-state index in [0.717, 1.165) is 6.54 Å². The van der Waals surface area contributed by atoms with Gasteiger partial charge in [-0.05, 0) is 38.1 Å². The van der Waals surface area contributed by atoms with Gasteiger partial charge in [0.2, 0.25) is 0 Å². The van der Waals surface area contributed by atoms with Crippen LogP contribution in [-0.4, -0.2) is 19.1 Å². The number of benzene rings is 1. The molecule has 0 spiro atoms. The summed E-state index contributed by atoms with van der Waals surface area (Å²) in [4.78, 5) is 11.4. The van der Waals surface area contributed by atoms with Crippen LogP contribution in [0.25, 0.3) is 0 Å². The molecule has 1 aromatic rings. The average molecular weight is 221 g/mol. The SMILES string of the molecule is CCNC(C)c1ccc(C(=O)OCC)cc1. The fourth-order valence-corrected chi connectivity index (χ4v) is 1.55. The van der Waals surface area contributed by atoms with Crippen LogP contribution in [0.1, 0.15) is 42.7 Å². The molecule has 0 aliphatic carbocycles. The normalized spacial score (nSPS) is 12.2. The summed E-state index contributed by atoms with van der Waals surface area (Å²) < 4.78 is 4.92. The van der Waals surface area contributed by atoms with Gasteiger partial charge in [0.1, 0.15) is 0 Å². The summed E-state index contributed by atoms with van der Waals surface area (Å²) in [5, 5.41) is 3.32. The fraction of sp³-hybridized carbons (Fsp3) is 0.462. The van der Waals surface area contributed by atoms with E-state index < -0.39 is 0 Å². The topological polar surface area (TPSA) is 38.3 Å². The van der Waals surface area contributed by atoms with Gasteiger partial charge in [-0.25, -0.2) is 4.79 Å². The van der Waals surface area contributed by atoms with E-state index in [4.69, 9.17) is 4.74 Å². The van der Waals surface area contributed by atoms with Gasteiger partial charge >= 0.3 is 5.97 Å². The van der Waals surface area contributed by atoms with E-state index in [1.165, 1.54) is 5.56 Å². The molecule has 0 heterocycles. The molecule has 0 bridgehead atoms. The predicted molar refractivity (Wildman–Crippen MR) is 64.5 cm³/mol. The molecule has 3 nitrogen and oxygen atoms in total. The van der Waals surface area contributed by atoms with E-state index in [1.807, 2.05) is 12.1 Å². The number of carbonyl (C=O) groups excluding carboxylic acids is 1. The second kappa shape index (κ2) is 6.28. The van der Waals surface area contributed by atoms with Gasteiger partial charge in [-0.15, -0.1) is 0 Å². The maximum Gasteiger partial charge on any atom is 0.338 e. The molecule has 0 saturated heterocycles. The molecule has 0 aromatic heterocycles. The summed E-state index contributed by atoms with van der Waals surface area (Å²) in [5.74, 6) is -0.259. The molecule has 1 atom stereocenters. The Morgan fingerprint density at radius 2 is 1.94 bits per heavy atom. The summed E-state index contributed by atoms with van der Waals surface area (Å²) in [5.41, 5.74) is 1.78. The average Bonchev–Trinajstić information content (AvgIpc) is 2.30. The first kappa shape index (κ1) is 12.7. The highest BCUT2D eigenvalue weighted by molar-refractivity contribution is 5.89. The molecule has 1 unspecified atom stereocenters. The van der Waals surface area contributed by atoms with Crippen LogP contribution in [0.3, 0.4) is 0 Å². The summed E-state index contributed by atoms with van der Waals surface area (Å²) in [6.45, 7) is 7.32. The minimum Gasteiger partial charge on any atom is -0.462 e. The van der Waals surface area contributed by atoms with E-state index in [0.29, 0.717) is 18.2 Å². The zero-order valence-electron chi connectivity index (χ0n) is 10.1. The van der Waals surface area contributed by atoms with E-state index in [2.05, 4.69) is 19.2 Å².